The quantitative estimate of drug-likeness (QED) is 0.534. The molecular weight excluding hydrogens is 496 g/mol. The summed E-state index contributed by atoms with van der Waals surface area (Å²) in [6.07, 6.45) is 9.22. The summed E-state index contributed by atoms with van der Waals surface area (Å²) in [6, 6.07) is 5.57. The summed E-state index contributed by atoms with van der Waals surface area (Å²) < 4.78 is 11.8. The van der Waals surface area contributed by atoms with Crippen molar-refractivity contribution in [2.75, 3.05) is 50.8 Å². The molecule has 2 atom stereocenters. The molecule has 3 amide bonds. The number of ether oxygens (including phenoxy) is 2. The highest BCUT2D eigenvalue weighted by Crippen LogP contribution is 2.33. The predicted octanol–water partition coefficient (Wildman–Crippen LogP) is 2.92. The van der Waals surface area contributed by atoms with E-state index in [4.69, 9.17) is 9.47 Å². The Hall–Kier alpha value is -2.49. The molecule has 39 heavy (non-hydrogen) atoms. The van der Waals surface area contributed by atoms with Crippen LogP contribution >= 0.6 is 0 Å². The van der Waals surface area contributed by atoms with Gasteiger partial charge in [0, 0.05) is 63.5 Å². The van der Waals surface area contributed by atoms with E-state index in [2.05, 4.69) is 21.2 Å². The van der Waals surface area contributed by atoms with Crippen LogP contribution in [-0.4, -0.2) is 85.8 Å². The van der Waals surface area contributed by atoms with Gasteiger partial charge in [0.15, 0.2) is 6.29 Å². The highest BCUT2D eigenvalue weighted by atomic mass is 16.7. The van der Waals surface area contributed by atoms with Crippen LogP contribution in [0.15, 0.2) is 18.2 Å². The average molecular weight is 539 g/mol. The molecule has 6 rings (SSSR count). The first kappa shape index (κ1) is 26.7. The van der Waals surface area contributed by atoms with Crippen molar-refractivity contribution in [3.05, 3.63) is 29.3 Å². The van der Waals surface area contributed by atoms with Crippen LogP contribution in [0, 0.1) is 11.8 Å². The summed E-state index contributed by atoms with van der Waals surface area (Å²) >= 11 is 0. The van der Waals surface area contributed by atoms with Crippen LogP contribution in [0.5, 0.6) is 0 Å². The molecule has 4 heterocycles. The van der Waals surface area contributed by atoms with Gasteiger partial charge in [0.05, 0.1) is 6.61 Å². The van der Waals surface area contributed by atoms with Crippen LogP contribution in [0.25, 0.3) is 0 Å². The summed E-state index contributed by atoms with van der Waals surface area (Å²) in [5.74, 6) is 0.725. The minimum absolute atomic E-state index is 0.0286. The fourth-order valence-electron chi connectivity index (χ4n) is 6.96. The smallest absolute Gasteiger partial charge is 0.255 e. The van der Waals surface area contributed by atoms with Crippen molar-refractivity contribution in [2.45, 2.75) is 76.7 Å². The fourth-order valence-corrected chi connectivity index (χ4v) is 6.96. The van der Waals surface area contributed by atoms with Gasteiger partial charge < -0.3 is 19.3 Å². The normalized spacial score (nSPS) is 30.4. The highest BCUT2D eigenvalue weighted by molar-refractivity contribution is 6.05. The Bertz CT molecular complexity index is 1060. The molecule has 0 bridgehead atoms. The second-order valence-corrected chi connectivity index (χ2v) is 12.0. The SMILES string of the molecule is O=C1CC[C@H](N2Cc3ccc(N4CCN(CC5CCC(CO[C@H]6CCCCO6)CC5)CC4)cc3C2=O)C(=O)N1. The summed E-state index contributed by atoms with van der Waals surface area (Å²) in [6.45, 7) is 7.28. The van der Waals surface area contributed by atoms with Gasteiger partial charge in [0.25, 0.3) is 5.91 Å². The standard InChI is InChI=1S/C30H42N4O5/c35-27-11-10-26(29(36)31-27)34-19-23-8-9-24(17-25(23)30(34)37)33-14-12-32(13-15-33)18-21-4-6-22(7-5-21)20-39-28-3-1-2-16-38-28/h8-9,17,21-22,26,28H,1-7,10-16,18-20H2,(H,31,35,36)/t21?,22?,26-,28-/m0/s1. The van der Waals surface area contributed by atoms with E-state index in [-0.39, 0.29) is 30.4 Å². The van der Waals surface area contributed by atoms with E-state index in [1.807, 2.05) is 12.1 Å². The molecule has 5 aliphatic rings. The van der Waals surface area contributed by atoms with Gasteiger partial charge in [-0.15, -0.1) is 0 Å². The van der Waals surface area contributed by atoms with Gasteiger partial charge in [-0.2, -0.15) is 0 Å². The van der Waals surface area contributed by atoms with Crippen molar-refractivity contribution in [3.63, 3.8) is 0 Å². The number of rotatable bonds is 7. The molecule has 0 aromatic heterocycles. The molecule has 1 aliphatic carbocycles. The van der Waals surface area contributed by atoms with E-state index in [0.29, 0.717) is 24.4 Å². The number of benzene rings is 1. The lowest BCUT2D eigenvalue weighted by atomic mass is 9.82. The number of piperidine rings is 1. The topological polar surface area (TPSA) is 91.4 Å². The number of hydrogen-bond acceptors (Lipinski definition) is 7. The zero-order valence-corrected chi connectivity index (χ0v) is 22.9. The molecule has 4 aliphatic heterocycles. The third kappa shape index (κ3) is 6.15. The third-order valence-electron chi connectivity index (χ3n) is 9.39. The van der Waals surface area contributed by atoms with Crippen LogP contribution in [0.4, 0.5) is 5.69 Å². The molecule has 212 valence electrons. The first-order valence-electron chi connectivity index (χ1n) is 15.0. The fraction of sp³-hybridized carbons (Fsp3) is 0.700. The average Bonchev–Trinajstić information content (AvgIpc) is 3.29. The minimum Gasteiger partial charge on any atom is -0.369 e. The monoisotopic (exact) mass is 538 g/mol. The van der Waals surface area contributed by atoms with E-state index in [1.165, 1.54) is 38.6 Å². The third-order valence-corrected chi connectivity index (χ3v) is 9.39. The zero-order valence-electron chi connectivity index (χ0n) is 22.9. The van der Waals surface area contributed by atoms with E-state index in [0.717, 1.165) is 69.4 Å². The number of nitrogens with one attached hydrogen (secondary N) is 1. The molecule has 0 radical (unpaired) electrons. The van der Waals surface area contributed by atoms with Crippen molar-refractivity contribution >= 4 is 23.4 Å². The number of nitrogens with zero attached hydrogens (tertiary/aromatic N) is 3. The number of amides is 3. The Labute approximate surface area is 231 Å². The molecule has 1 saturated carbocycles. The lowest BCUT2D eigenvalue weighted by Gasteiger charge is -2.39. The number of hydrogen-bond donors (Lipinski definition) is 1. The molecular formula is C30H42N4O5. The van der Waals surface area contributed by atoms with E-state index < -0.39 is 6.04 Å². The van der Waals surface area contributed by atoms with Gasteiger partial charge in [-0.25, -0.2) is 0 Å². The second kappa shape index (κ2) is 11.9. The number of piperazine rings is 1. The molecule has 0 unspecified atom stereocenters. The molecule has 0 spiro atoms. The lowest BCUT2D eigenvalue weighted by molar-refractivity contribution is -0.170. The van der Waals surface area contributed by atoms with Gasteiger partial charge in [-0.05, 0) is 80.9 Å². The first-order chi connectivity index (χ1) is 19.0. The molecule has 3 saturated heterocycles. The van der Waals surface area contributed by atoms with Crippen LogP contribution in [-0.2, 0) is 25.6 Å². The predicted molar refractivity (Wildman–Crippen MR) is 146 cm³/mol. The highest BCUT2D eigenvalue weighted by Gasteiger charge is 2.39. The minimum atomic E-state index is -0.567. The van der Waals surface area contributed by atoms with Gasteiger partial charge in [-0.1, -0.05) is 6.07 Å². The van der Waals surface area contributed by atoms with Crippen LogP contribution < -0.4 is 10.2 Å². The van der Waals surface area contributed by atoms with Crippen molar-refractivity contribution in [3.8, 4) is 0 Å². The van der Waals surface area contributed by atoms with Gasteiger partial charge in [0.1, 0.15) is 6.04 Å². The molecule has 1 aromatic carbocycles. The number of fused-ring (bicyclic) bond motifs is 1. The lowest BCUT2D eigenvalue weighted by Crippen LogP contribution is -2.52. The molecule has 1 aromatic rings. The maximum absolute atomic E-state index is 13.2. The van der Waals surface area contributed by atoms with Crippen molar-refractivity contribution in [2.24, 2.45) is 11.8 Å². The Morgan fingerprint density at radius 1 is 0.923 bits per heavy atom. The van der Waals surface area contributed by atoms with Crippen LogP contribution in [0.3, 0.4) is 0 Å². The summed E-state index contributed by atoms with van der Waals surface area (Å²) in [5, 5.41) is 2.38. The van der Waals surface area contributed by atoms with Gasteiger partial charge in [0.2, 0.25) is 11.8 Å². The first-order valence-corrected chi connectivity index (χ1v) is 15.0. The second-order valence-electron chi connectivity index (χ2n) is 12.0. The molecule has 9 nitrogen and oxygen atoms in total. The van der Waals surface area contributed by atoms with Crippen LogP contribution in [0.2, 0.25) is 0 Å². The molecule has 4 fully saturated rings. The number of imide groups is 1. The number of carbonyl (C=O) groups excluding carboxylic acids is 3. The summed E-state index contributed by atoms with van der Waals surface area (Å²) in [7, 11) is 0. The van der Waals surface area contributed by atoms with Crippen molar-refractivity contribution in [1.82, 2.24) is 15.1 Å². The maximum atomic E-state index is 13.2. The number of carbonyl (C=O) groups is 3. The van der Waals surface area contributed by atoms with E-state index in [1.54, 1.807) is 4.90 Å². The zero-order chi connectivity index (χ0) is 26.8. The largest absolute Gasteiger partial charge is 0.369 e. The summed E-state index contributed by atoms with van der Waals surface area (Å²) in [5.41, 5.74) is 2.73. The van der Waals surface area contributed by atoms with Crippen molar-refractivity contribution < 1.29 is 23.9 Å². The molecule has 9 heteroatoms. The van der Waals surface area contributed by atoms with Gasteiger partial charge in [-0.3, -0.25) is 24.6 Å². The van der Waals surface area contributed by atoms with Gasteiger partial charge >= 0.3 is 0 Å². The Balaban J connectivity index is 0.949. The van der Waals surface area contributed by atoms with E-state index in [9.17, 15) is 14.4 Å². The Morgan fingerprint density at radius 3 is 2.46 bits per heavy atom. The number of anilines is 1. The maximum Gasteiger partial charge on any atom is 0.255 e. The van der Waals surface area contributed by atoms with Crippen molar-refractivity contribution in [1.29, 1.82) is 0 Å². The van der Waals surface area contributed by atoms with E-state index >= 15 is 0 Å². The molecule has 1 N–H and O–H groups in total. The summed E-state index contributed by atoms with van der Waals surface area (Å²) in [4.78, 5) is 43.7. The Kier molecular flexibility index (Phi) is 8.18. The Morgan fingerprint density at radius 2 is 1.72 bits per heavy atom. The van der Waals surface area contributed by atoms with Crippen LogP contribution in [0.1, 0.15) is 73.7 Å².